The zero-order valence-corrected chi connectivity index (χ0v) is 17.4. The lowest BCUT2D eigenvalue weighted by atomic mass is 9.72. The third-order valence-corrected chi connectivity index (χ3v) is 6.57. The molecule has 23 heavy (non-hydrogen) atoms. The number of hydrogen-bond donors (Lipinski definition) is 0. The van der Waals surface area contributed by atoms with E-state index in [2.05, 4.69) is 60.5 Å². The average Bonchev–Trinajstić information content (AvgIpc) is 2.47. The molecule has 1 nitrogen and oxygen atoms in total. The van der Waals surface area contributed by atoms with Gasteiger partial charge in [-0.25, -0.2) is 0 Å². The van der Waals surface area contributed by atoms with Crippen molar-refractivity contribution in [2.75, 3.05) is 14.1 Å². The first kappa shape index (κ1) is 21.0. The van der Waals surface area contributed by atoms with Crippen LogP contribution in [0.2, 0.25) is 0 Å². The Balaban J connectivity index is 0.000000231. The average molecular weight is 324 g/mol. The van der Waals surface area contributed by atoms with Gasteiger partial charge in [0, 0.05) is 6.04 Å². The van der Waals surface area contributed by atoms with Crippen LogP contribution in [0.3, 0.4) is 0 Å². The summed E-state index contributed by atoms with van der Waals surface area (Å²) in [7, 11) is 4.42. The quantitative estimate of drug-likeness (QED) is 0.574. The van der Waals surface area contributed by atoms with Gasteiger partial charge in [-0.1, -0.05) is 41.5 Å². The molecule has 0 spiro atoms. The fraction of sp³-hybridized carbons (Fsp3) is 1.00. The predicted octanol–water partition coefficient (Wildman–Crippen LogP) is 6.48. The maximum absolute atomic E-state index is 2.41. The second kappa shape index (κ2) is 10.1. The van der Waals surface area contributed by atoms with Crippen molar-refractivity contribution in [3.8, 4) is 0 Å². The van der Waals surface area contributed by atoms with Crippen LogP contribution in [0.25, 0.3) is 0 Å². The molecule has 0 aromatic rings. The molecular weight excluding hydrogens is 278 g/mol. The summed E-state index contributed by atoms with van der Waals surface area (Å²) >= 11 is 0. The molecule has 2 rings (SSSR count). The molecule has 1 heteroatoms. The van der Waals surface area contributed by atoms with Crippen molar-refractivity contribution < 1.29 is 0 Å². The molecule has 2 unspecified atom stereocenters. The SMILES string of the molecule is CC(C)C1CCC(N(C)C)CC1.CC1CC(C)CC(C(C)C)C1. The van der Waals surface area contributed by atoms with Gasteiger partial charge < -0.3 is 4.90 Å². The molecule has 0 heterocycles. The summed E-state index contributed by atoms with van der Waals surface area (Å²) in [4.78, 5) is 2.39. The van der Waals surface area contributed by atoms with Gasteiger partial charge in [0.1, 0.15) is 0 Å². The number of nitrogens with zero attached hydrogens (tertiary/aromatic N) is 1. The monoisotopic (exact) mass is 323 g/mol. The van der Waals surface area contributed by atoms with Crippen LogP contribution in [-0.2, 0) is 0 Å². The van der Waals surface area contributed by atoms with Gasteiger partial charge in [0.15, 0.2) is 0 Å². The van der Waals surface area contributed by atoms with Crippen LogP contribution < -0.4 is 0 Å². The van der Waals surface area contributed by atoms with Crippen LogP contribution >= 0.6 is 0 Å². The van der Waals surface area contributed by atoms with Gasteiger partial charge in [-0.15, -0.1) is 0 Å². The number of hydrogen-bond acceptors (Lipinski definition) is 1. The van der Waals surface area contributed by atoms with Crippen LogP contribution in [0.1, 0.15) is 86.5 Å². The highest BCUT2D eigenvalue weighted by Gasteiger charge is 2.25. The molecule has 2 atom stereocenters. The molecule has 0 aliphatic heterocycles. The van der Waals surface area contributed by atoms with Gasteiger partial charge in [-0.05, 0) is 94.5 Å². The summed E-state index contributed by atoms with van der Waals surface area (Å²) in [5.74, 6) is 5.76. The fourth-order valence-corrected chi connectivity index (χ4v) is 4.84. The molecule has 2 aliphatic carbocycles. The summed E-state index contributed by atoms with van der Waals surface area (Å²) in [5.41, 5.74) is 0. The lowest BCUT2D eigenvalue weighted by molar-refractivity contribution is 0.169. The van der Waals surface area contributed by atoms with E-state index < -0.39 is 0 Å². The van der Waals surface area contributed by atoms with Crippen LogP contribution in [0.5, 0.6) is 0 Å². The van der Waals surface area contributed by atoms with E-state index in [-0.39, 0.29) is 0 Å². The molecule has 138 valence electrons. The Bertz CT molecular complexity index is 273. The lowest BCUT2D eigenvalue weighted by Gasteiger charge is -2.34. The Morgan fingerprint density at radius 3 is 1.43 bits per heavy atom. The van der Waals surface area contributed by atoms with E-state index in [1.165, 1.54) is 44.9 Å². The Hall–Kier alpha value is -0.0400. The minimum absolute atomic E-state index is 0.861. The molecule has 0 saturated heterocycles. The van der Waals surface area contributed by atoms with E-state index >= 15 is 0 Å². The van der Waals surface area contributed by atoms with Crippen molar-refractivity contribution in [1.82, 2.24) is 4.90 Å². The van der Waals surface area contributed by atoms with Crippen molar-refractivity contribution >= 4 is 0 Å². The molecule has 2 aliphatic rings. The van der Waals surface area contributed by atoms with Crippen LogP contribution in [0.4, 0.5) is 0 Å². The molecule has 2 saturated carbocycles. The second-order valence-electron chi connectivity index (χ2n) is 9.70. The fourth-order valence-electron chi connectivity index (χ4n) is 4.84. The van der Waals surface area contributed by atoms with Crippen molar-refractivity contribution in [2.24, 2.45) is 35.5 Å². The van der Waals surface area contributed by atoms with E-state index in [0.29, 0.717) is 0 Å². The van der Waals surface area contributed by atoms with Gasteiger partial charge in [-0.2, -0.15) is 0 Å². The van der Waals surface area contributed by atoms with Crippen molar-refractivity contribution in [3.05, 3.63) is 0 Å². The van der Waals surface area contributed by atoms with Crippen molar-refractivity contribution in [1.29, 1.82) is 0 Å². The number of rotatable bonds is 3. The lowest BCUT2D eigenvalue weighted by Crippen LogP contribution is -2.33. The Kier molecular flexibility index (Phi) is 9.19. The molecular formula is C22H45N. The van der Waals surface area contributed by atoms with E-state index in [1.54, 1.807) is 0 Å². The van der Waals surface area contributed by atoms with Crippen LogP contribution in [0.15, 0.2) is 0 Å². The maximum atomic E-state index is 2.41. The first-order chi connectivity index (χ1) is 10.7. The molecule has 0 radical (unpaired) electrons. The molecule has 0 N–H and O–H groups in total. The summed E-state index contributed by atoms with van der Waals surface area (Å²) < 4.78 is 0. The van der Waals surface area contributed by atoms with E-state index in [4.69, 9.17) is 0 Å². The van der Waals surface area contributed by atoms with Crippen LogP contribution in [0, 0.1) is 35.5 Å². The first-order valence-electron chi connectivity index (χ1n) is 10.4. The van der Waals surface area contributed by atoms with E-state index in [9.17, 15) is 0 Å². The van der Waals surface area contributed by atoms with Crippen molar-refractivity contribution in [2.45, 2.75) is 92.5 Å². The topological polar surface area (TPSA) is 3.24 Å². The highest BCUT2D eigenvalue weighted by atomic mass is 15.1. The standard InChI is InChI=1S/C11H23N.C11H22/c1-9(2)10-5-7-11(8-6-10)12(3)4;1-8(2)11-6-9(3)5-10(4)7-11/h9-11H,5-8H2,1-4H3;8-11H,5-7H2,1-4H3. The van der Waals surface area contributed by atoms with Gasteiger partial charge >= 0.3 is 0 Å². The Morgan fingerprint density at radius 1 is 0.652 bits per heavy atom. The Morgan fingerprint density at radius 2 is 1.09 bits per heavy atom. The maximum Gasteiger partial charge on any atom is 0.00893 e. The van der Waals surface area contributed by atoms with E-state index in [0.717, 1.165) is 41.5 Å². The smallest absolute Gasteiger partial charge is 0.00893 e. The zero-order chi connectivity index (χ0) is 17.6. The third kappa shape index (κ3) is 7.59. The van der Waals surface area contributed by atoms with E-state index in [1.807, 2.05) is 0 Å². The molecule has 2 fully saturated rings. The van der Waals surface area contributed by atoms with Gasteiger partial charge in [0.25, 0.3) is 0 Å². The molecule has 0 bridgehead atoms. The highest BCUT2D eigenvalue weighted by Crippen LogP contribution is 2.36. The minimum atomic E-state index is 0.861. The third-order valence-electron chi connectivity index (χ3n) is 6.57. The Labute approximate surface area is 147 Å². The van der Waals surface area contributed by atoms with Gasteiger partial charge in [0.2, 0.25) is 0 Å². The summed E-state index contributed by atoms with van der Waals surface area (Å²) in [5, 5.41) is 0. The largest absolute Gasteiger partial charge is 0.306 e. The summed E-state index contributed by atoms with van der Waals surface area (Å²) in [6, 6.07) is 0.861. The normalized spacial score (nSPS) is 35.3. The summed E-state index contributed by atoms with van der Waals surface area (Å²) in [6.07, 6.45) is 10.1. The predicted molar refractivity (Wildman–Crippen MR) is 105 cm³/mol. The van der Waals surface area contributed by atoms with Gasteiger partial charge in [-0.3, -0.25) is 0 Å². The highest BCUT2D eigenvalue weighted by molar-refractivity contribution is 4.78. The molecule has 0 amide bonds. The first-order valence-corrected chi connectivity index (χ1v) is 10.4. The van der Waals surface area contributed by atoms with Gasteiger partial charge in [0.05, 0.1) is 0 Å². The minimum Gasteiger partial charge on any atom is -0.306 e. The zero-order valence-electron chi connectivity index (χ0n) is 17.4. The second-order valence-corrected chi connectivity index (χ2v) is 9.70. The summed E-state index contributed by atoms with van der Waals surface area (Å²) in [6.45, 7) is 14.3. The molecule has 0 aromatic carbocycles. The van der Waals surface area contributed by atoms with Crippen LogP contribution in [-0.4, -0.2) is 25.0 Å². The molecule has 0 aromatic heterocycles. The van der Waals surface area contributed by atoms with Crippen molar-refractivity contribution in [3.63, 3.8) is 0 Å².